The molecule has 108 valence electrons. The number of carbonyl (C=O) groups excluding carboxylic acids is 1. The number of nitrogens with one attached hydrogen (secondary N) is 2. The maximum absolute atomic E-state index is 11.8. The zero-order valence-corrected chi connectivity index (χ0v) is 12.9. The van der Waals surface area contributed by atoms with Crippen LogP contribution in [0.5, 0.6) is 0 Å². The van der Waals surface area contributed by atoms with Gasteiger partial charge in [0.25, 0.3) is 0 Å². The molecule has 1 atom stereocenters. The Kier molecular flexibility index (Phi) is 9.02. The van der Waals surface area contributed by atoms with E-state index in [-0.39, 0.29) is 11.9 Å². The first-order chi connectivity index (χ1) is 8.31. The van der Waals surface area contributed by atoms with Gasteiger partial charge >= 0.3 is 0 Å². The molecule has 0 aliphatic heterocycles. The number of nitrogens with zero attached hydrogens (tertiary/aromatic N) is 1. The normalized spacial score (nSPS) is 13.4. The third kappa shape index (κ3) is 10.5. The molecule has 0 aromatic rings. The molecular formula is C14H31N3O. The van der Waals surface area contributed by atoms with E-state index in [4.69, 9.17) is 0 Å². The summed E-state index contributed by atoms with van der Waals surface area (Å²) in [7, 11) is 4.08. The Morgan fingerprint density at radius 1 is 1.17 bits per heavy atom. The van der Waals surface area contributed by atoms with Gasteiger partial charge in [0, 0.05) is 31.6 Å². The topological polar surface area (TPSA) is 44.4 Å². The highest BCUT2D eigenvalue weighted by Crippen LogP contribution is 2.05. The van der Waals surface area contributed by atoms with E-state index in [1.165, 1.54) is 0 Å². The fraction of sp³-hybridized carbons (Fsp3) is 0.929. The summed E-state index contributed by atoms with van der Waals surface area (Å²) in [6.45, 7) is 10.2. The molecule has 0 rings (SSSR count). The molecule has 0 bridgehead atoms. The molecule has 0 aromatic carbocycles. The van der Waals surface area contributed by atoms with Gasteiger partial charge in [0.05, 0.1) is 0 Å². The highest BCUT2D eigenvalue weighted by atomic mass is 16.1. The van der Waals surface area contributed by atoms with Gasteiger partial charge in [0.15, 0.2) is 0 Å². The maximum Gasteiger partial charge on any atom is 0.221 e. The van der Waals surface area contributed by atoms with Crippen LogP contribution in [0.15, 0.2) is 0 Å². The van der Waals surface area contributed by atoms with Crippen LogP contribution in [-0.2, 0) is 4.79 Å². The molecular weight excluding hydrogens is 226 g/mol. The van der Waals surface area contributed by atoms with Crippen LogP contribution in [0.1, 0.15) is 40.5 Å². The molecule has 0 fully saturated rings. The molecule has 4 nitrogen and oxygen atoms in total. The van der Waals surface area contributed by atoms with Crippen molar-refractivity contribution in [3.05, 3.63) is 0 Å². The van der Waals surface area contributed by atoms with Crippen LogP contribution in [0.25, 0.3) is 0 Å². The second kappa shape index (κ2) is 9.34. The summed E-state index contributed by atoms with van der Waals surface area (Å²) in [6.07, 6.45) is 1.59. The maximum atomic E-state index is 11.8. The van der Waals surface area contributed by atoms with E-state index in [0.717, 1.165) is 19.5 Å². The number of amides is 1. The third-order valence-electron chi connectivity index (χ3n) is 2.61. The lowest BCUT2D eigenvalue weighted by Gasteiger charge is -2.24. The lowest BCUT2D eigenvalue weighted by atomic mass is 10.0. The second-order valence-corrected chi connectivity index (χ2v) is 6.02. The number of likely N-dealkylation sites (N-methyl/N-ethyl adjacent to an activating group) is 1. The molecule has 0 aromatic heterocycles. The minimum Gasteiger partial charge on any atom is -0.352 e. The summed E-state index contributed by atoms with van der Waals surface area (Å²) < 4.78 is 0. The van der Waals surface area contributed by atoms with Gasteiger partial charge in [-0.15, -0.1) is 0 Å². The zero-order valence-electron chi connectivity index (χ0n) is 12.9. The SMILES string of the molecule is CC(C)CC(CN(C)C)NC(=O)CCNC(C)C. The Morgan fingerprint density at radius 3 is 2.22 bits per heavy atom. The number of hydrogen-bond donors (Lipinski definition) is 2. The molecule has 18 heavy (non-hydrogen) atoms. The van der Waals surface area contributed by atoms with Gasteiger partial charge in [-0.3, -0.25) is 4.79 Å². The fourth-order valence-electron chi connectivity index (χ4n) is 1.96. The summed E-state index contributed by atoms with van der Waals surface area (Å²) in [5.41, 5.74) is 0. The van der Waals surface area contributed by atoms with Crippen molar-refractivity contribution in [2.45, 2.75) is 52.6 Å². The van der Waals surface area contributed by atoms with Gasteiger partial charge in [-0.25, -0.2) is 0 Å². The Bertz CT molecular complexity index is 217. The standard InChI is InChI=1S/C14H31N3O/c1-11(2)9-13(10-17(5)6)16-14(18)7-8-15-12(3)4/h11-13,15H,7-10H2,1-6H3,(H,16,18). The Morgan fingerprint density at radius 2 is 1.78 bits per heavy atom. The van der Waals surface area contributed by atoms with Crippen molar-refractivity contribution in [2.24, 2.45) is 5.92 Å². The van der Waals surface area contributed by atoms with E-state index in [1.54, 1.807) is 0 Å². The predicted molar refractivity (Wildman–Crippen MR) is 77.7 cm³/mol. The molecule has 0 saturated heterocycles. The van der Waals surface area contributed by atoms with Crippen molar-refractivity contribution in [3.8, 4) is 0 Å². The minimum absolute atomic E-state index is 0.149. The summed E-state index contributed by atoms with van der Waals surface area (Å²) >= 11 is 0. The van der Waals surface area contributed by atoms with E-state index in [0.29, 0.717) is 18.4 Å². The first-order valence-electron chi connectivity index (χ1n) is 6.98. The zero-order chi connectivity index (χ0) is 14.1. The second-order valence-electron chi connectivity index (χ2n) is 6.02. The largest absolute Gasteiger partial charge is 0.352 e. The van der Waals surface area contributed by atoms with Crippen LogP contribution >= 0.6 is 0 Å². The van der Waals surface area contributed by atoms with Crippen molar-refractivity contribution >= 4 is 5.91 Å². The van der Waals surface area contributed by atoms with Gasteiger partial charge in [-0.1, -0.05) is 27.7 Å². The third-order valence-corrected chi connectivity index (χ3v) is 2.61. The molecule has 4 heteroatoms. The van der Waals surface area contributed by atoms with Crippen LogP contribution in [-0.4, -0.2) is 50.1 Å². The molecule has 0 saturated carbocycles. The van der Waals surface area contributed by atoms with E-state index in [2.05, 4.69) is 43.2 Å². The lowest BCUT2D eigenvalue weighted by molar-refractivity contribution is -0.121. The van der Waals surface area contributed by atoms with Crippen LogP contribution in [0, 0.1) is 5.92 Å². The monoisotopic (exact) mass is 257 g/mol. The van der Waals surface area contributed by atoms with Crippen molar-refractivity contribution in [1.82, 2.24) is 15.5 Å². The van der Waals surface area contributed by atoms with Crippen LogP contribution in [0.3, 0.4) is 0 Å². The fourth-order valence-corrected chi connectivity index (χ4v) is 1.96. The van der Waals surface area contributed by atoms with Gasteiger partial charge < -0.3 is 15.5 Å². The van der Waals surface area contributed by atoms with Crippen molar-refractivity contribution in [2.75, 3.05) is 27.2 Å². The highest BCUT2D eigenvalue weighted by molar-refractivity contribution is 5.76. The molecule has 0 radical (unpaired) electrons. The van der Waals surface area contributed by atoms with Crippen LogP contribution < -0.4 is 10.6 Å². The molecule has 1 unspecified atom stereocenters. The molecule has 2 N–H and O–H groups in total. The summed E-state index contributed by atoms with van der Waals surface area (Å²) in [4.78, 5) is 14.0. The van der Waals surface area contributed by atoms with E-state index < -0.39 is 0 Å². The molecule has 1 amide bonds. The Labute approximate surface area is 113 Å². The van der Waals surface area contributed by atoms with Crippen molar-refractivity contribution in [3.63, 3.8) is 0 Å². The van der Waals surface area contributed by atoms with E-state index >= 15 is 0 Å². The lowest BCUT2D eigenvalue weighted by Crippen LogP contribution is -2.43. The molecule has 0 aliphatic rings. The van der Waals surface area contributed by atoms with Gasteiger partial charge in [0.2, 0.25) is 5.91 Å². The van der Waals surface area contributed by atoms with Crippen molar-refractivity contribution < 1.29 is 4.79 Å². The highest BCUT2D eigenvalue weighted by Gasteiger charge is 2.14. The van der Waals surface area contributed by atoms with Gasteiger partial charge in [-0.05, 0) is 26.4 Å². The van der Waals surface area contributed by atoms with Gasteiger partial charge in [-0.2, -0.15) is 0 Å². The molecule has 0 spiro atoms. The average Bonchev–Trinajstić information content (AvgIpc) is 2.13. The average molecular weight is 257 g/mol. The van der Waals surface area contributed by atoms with Crippen molar-refractivity contribution in [1.29, 1.82) is 0 Å². The number of carbonyl (C=O) groups is 1. The smallest absolute Gasteiger partial charge is 0.221 e. The number of hydrogen-bond acceptors (Lipinski definition) is 3. The first kappa shape index (κ1) is 17.4. The Balaban J connectivity index is 4.01. The molecule has 0 aliphatic carbocycles. The summed E-state index contributed by atoms with van der Waals surface area (Å²) in [6, 6.07) is 0.692. The quantitative estimate of drug-likeness (QED) is 0.657. The summed E-state index contributed by atoms with van der Waals surface area (Å²) in [5, 5.41) is 6.39. The van der Waals surface area contributed by atoms with E-state index in [9.17, 15) is 4.79 Å². The Hall–Kier alpha value is -0.610. The minimum atomic E-state index is 0.149. The van der Waals surface area contributed by atoms with Gasteiger partial charge in [0.1, 0.15) is 0 Å². The van der Waals surface area contributed by atoms with E-state index in [1.807, 2.05) is 14.1 Å². The first-order valence-corrected chi connectivity index (χ1v) is 6.98. The predicted octanol–water partition coefficient (Wildman–Crippen LogP) is 1.47. The molecule has 0 heterocycles. The van der Waals surface area contributed by atoms with Crippen LogP contribution in [0.2, 0.25) is 0 Å². The summed E-state index contributed by atoms with van der Waals surface area (Å²) in [5.74, 6) is 0.750. The number of rotatable bonds is 9. The van der Waals surface area contributed by atoms with Crippen LogP contribution in [0.4, 0.5) is 0 Å².